The van der Waals surface area contributed by atoms with E-state index in [4.69, 9.17) is 10.8 Å². The molecule has 0 bridgehead atoms. The fraction of sp³-hybridized carbons (Fsp3) is 0.385. The molecule has 1 amide bonds. The second-order valence-corrected chi connectivity index (χ2v) is 5.68. The Bertz CT molecular complexity index is 527. The number of carbonyl (C=O) groups is 2. The molecule has 3 N–H and O–H groups in total. The standard InChI is InChI=1S/C13H15BrN2O3/c1-7(13(18)19)9-5-16(6-9)11-3-2-8(12(15)17)4-10(11)14/h2-4,7,9H,5-6H2,1H3,(H2,15,17)(H,18,19). The first-order valence-electron chi connectivity index (χ1n) is 5.97. The number of amides is 1. The van der Waals surface area contributed by atoms with E-state index in [1.54, 1.807) is 19.1 Å². The number of rotatable bonds is 4. The molecule has 19 heavy (non-hydrogen) atoms. The van der Waals surface area contributed by atoms with Gasteiger partial charge < -0.3 is 15.7 Å². The maximum atomic E-state index is 11.1. The summed E-state index contributed by atoms with van der Waals surface area (Å²) in [7, 11) is 0. The number of hydrogen-bond donors (Lipinski definition) is 2. The number of anilines is 1. The SMILES string of the molecule is CC(C(=O)O)C1CN(c2ccc(C(N)=O)cc2Br)C1. The van der Waals surface area contributed by atoms with Crippen LogP contribution in [0.5, 0.6) is 0 Å². The van der Waals surface area contributed by atoms with Crippen molar-refractivity contribution in [2.45, 2.75) is 6.92 Å². The summed E-state index contributed by atoms with van der Waals surface area (Å²) in [4.78, 5) is 24.0. The van der Waals surface area contributed by atoms with Crippen LogP contribution in [0.15, 0.2) is 22.7 Å². The van der Waals surface area contributed by atoms with Crippen molar-refractivity contribution >= 4 is 33.5 Å². The molecule has 0 spiro atoms. The van der Waals surface area contributed by atoms with Crippen molar-refractivity contribution in [3.05, 3.63) is 28.2 Å². The Morgan fingerprint density at radius 3 is 2.58 bits per heavy atom. The zero-order valence-corrected chi connectivity index (χ0v) is 12.1. The molecule has 1 aromatic carbocycles. The second kappa shape index (κ2) is 5.21. The zero-order valence-electron chi connectivity index (χ0n) is 10.5. The Morgan fingerprint density at radius 1 is 1.47 bits per heavy atom. The third-order valence-electron chi connectivity index (χ3n) is 3.58. The highest BCUT2D eigenvalue weighted by molar-refractivity contribution is 9.10. The normalized spacial score (nSPS) is 16.8. The predicted molar refractivity (Wildman–Crippen MR) is 75.2 cm³/mol. The van der Waals surface area contributed by atoms with E-state index in [-0.39, 0.29) is 11.8 Å². The van der Waals surface area contributed by atoms with Gasteiger partial charge in [-0.3, -0.25) is 9.59 Å². The lowest BCUT2D eigenvalue weighted by atomic mass is 9.86. The summed E-state index contributed by atoms with van der Waals surface area (Å²) in [5.74, 6) is -1.39. The van der Waals surface area contributed by atoms with Gasteiger partial charge in [0.1, 0.15) is 0 Å². The molecule has 6 heteroatoms. The molecule has 1 aliphatic rings. The molecule has 1 aliphatic heterocycles. The van der Waals surface area contributed by atoms with Gasteiger partial charge in [0.2, 0.25) is 5.91 Å². The topological polar surface area (TPSA) is 83.6 Å². The quantitative estimate of drug-likeness (QED) is 0.882. The third-order valence-corrected chi connectivity index (χ3v) is 4.21. The summed E-state index contributed by atoms with van der Waals surface area (Å²) in [6, 6.07) is 5.19. The monoisotopic (exact) mass is 326 g/mol. The van der Waals surface area contributed by atoms with Crippen molar-refractivity contribution in [2.75, 3.05) is 18.0 Å². The van der Waals surface area contributed by atoms with Crippen LogP contribution in [0.2, 0.25) is 0 Å². The lowest BCUT2D eigenvalue weighted by molar-refractivity contribution is -0.143. The van der Waals surface area contributed by atoms with E-state index in [9.17, 15) is 9.59 Å². The lowest BCUT2D eigenvalue weighted by Gasteiger charge is -2.43. The summed E-state index contributed by atoms with van der Waals surface area (Å²) in [5, 5.41) is 8.95. The van der Waals surface area contributed by atoms with Crippen molar-refractivity contribution in [1.29, 1.82) is 0 Å². The molecule has 1 aromatic rings. The average molecular weight is 327 g/mol. The highest BCUT2D eigenvalue weighted by Gasteiger charge is 2.35. The van der Waals surface area contributed by atoms with Gasteiger partial charge in [0.05, 0.1) is 11.6 Å². The zero-order chi connectivity index (χ0) is 14.2. The van der Waals surface area contributed by atoms with E-state index in [1.165, 1.54) is 0 Å². The summed E-state index contributed by atoms with van der Waals surface area (Å²) in [6.45, 7) is 3.15. The van der Waals surface area contributed by atoms with Gasteiger partial charge in [-0.1, -0.05) is 6.92 Å². The van der Waals surface area contributed by atoms with E-state index >= 15 is 0 Å². The molecular formula is C13H15BrN2O3. The predicted octanol–water partition coefficient (Wildman–Crippen LogP) is 1.70. The number of aliphatic carboxylic acids is 1. The van der Waals surface area contributed by atoms with Gasteiger partial charge in [0, 0.05) is 29.0 Å². The molecule has 0 aromatic heterocycles. The number of benzene rings is 1. The number of hydrogen-bond acceptors (Lipinski definition) is 3. The van der Waals surface area contributed by atoms with Crippen LogP contribution in [-0.4, -0.2) is 30.1 Å². The van der Waals surface area contributed by atoms with Crippen LogP contribution in [-0.2, 0) is 4.79 Å². The summed E-state index contributed by atoms with van der Waals surface area (Å²) >= 11 is 3.41. The first-order chi connectivity index (χ1) is 8.90. The number of nitrogens with two attached hydrogens (primary N) is 1. The van der Waals surface area contributed by atoms with E-state index in [1.807, 2.05) is 6.07 Å². The molecule has 102 valence electrons. The number of nitrogens with zero attached hydrogens (tertiary/aromatic N) is 1. The van der Waals surface area contributed by atoms with Crippen molar-refractivity contribution in [3.8, 4) is 0 Å². The highest BCUT2D eigenvalue weighted by atomic mass is 79.9. The molecule has 1 atom stereocenters. The molecule has 1 heterocycles. The second-order valence-electron chi connectivity index (χ2n) is 4.82. The molecule has 0 aliphatic carbocycles. The molecule has 1 saturated heterocycles. The van der Waals surface area contributed by atoms with E-state index in [0.29, 0.717) is 18.7 Å². The molecule has 1 fully saturated rings. The Balaban J connectivity index is 2.06. The van der Waals surface area contributed by atoms with Crippen molar-refractivity contribution in [3.63, 3.8) is 0 Å². The molecule has 1 unspecified atom stereocenters. The van der Waals surface area contributed by atoms with Crippen LogP contribution >= 0.6 is 15.9 Å². The number of carboxylic acid groups (broad SMARTS) is 1. The van der Waals surface area contributed by atoms with Crippen LogP contribution in [0.3, 0.4) is 0 Å². The fourth-order valence-corrected chi connectivity index (χ4v) is 2.77. The minimum absolute atomic E-state index is 0.167. The number of halogens is 1. The van der Waals surface area contributed by atoms with Gasteiger partial charge in [-0.25, -0.2) is 0 Å². The van der Waals surface area contributed by atoms with Crippen molar-refractivity contribution in [2.24, 2.45) is 17.6 Å². The van der Waals surface area contributed by atoms with Crippen LogP contribution in [0.25, 0.3) is 0 Å². The first kappa shape index (κ1) is 13.9. The van der Waals surface area contributed by atoms with Crippen LogP contribution in [0.1, 0.15) is 17.3 Å². The van der Waals surface area contributed by atoms with Crippen molar-refractivity contribution in [1.82, 2.24) is 0 Å². The third kappa shape index (κ3) is 2.73. The molecule has 0 radical (unpaired) electrons. The number of carboxylic acids is 1. The van der Waals surface area contributed by atoms with E-state index in [2.05, 4.69) is 20.8 Å². The summed E-state index contributed by atoms with van der Waals surface area (Å²) < 4.78 is 0.797. The van der Waals surface area contributed by atoms with Crippen LogP contribution < -0.4 is 10.6 Å². The molecule has 0 saturated carbocycles. The maximum absolute atomic E-state index is 11.1. The molecule has 2 rings (SSSR count). The van der Waals surface area contributed by atoms with Gasteiger partial charge in [0.25, 0.3) is 0 Å². The van der Waals surface area contributed by atoms with Crippen LogP contribution in [0.4, 0.5) is 5.69 Å². The Labute approximate surface area is 119 Å². The van der Waals surface area contributed by atoms with Crippen LogP contribution in [0, 0.1) is 11.8 Å². The Morgan fingerprint density at radius 2 is 2.11 bits per heavy atom. The van der Waals surface area contributed by atoms with E-state index < -0.39 is 11.9 Å². The largest absolute Gasteiger partial charge is 0.481 e. The van der Waals surface area contributed by atoms with Gasteiger partial charge >= 0.3 is 5.97 Å². The summed E-state index contributed by atoms with van der Waals surface area (Å²) in [5.41, 5.74) is 6.62. The first-order valence-corrected chi connectivity index (χ1v) is 6.76. The lowest BCUT2D eigenvalue weighted by Crippen LogP contribution is -2.51. The smallest absolute Gasteiger partial charge is 0.306 e. The average Bonchev–Trinajstić information content (AvgIpc) is 2.28. The Hall–Kier alpha value is -1.56. The van der Waals surface area contributed by atoms with Crippen molar-refractivity contribution < 1.29 is 14.7 Å². The van der Waals surface area contributed by atoms with Gasteiger partial charge in [-0.2, -0.15) is 0 Å². The maximum Gasteiger partial charge on any atom is 0.306 e. The van der Waals surface area contributed by atoms with Gasteiger partial charge in [-0.05, 0) is 34.1 Å². The summed E-state index contributed by atoms with van der Waals surface area (Å²) in [6.07, 6.45) is 0. The van der Waals surface area contributed by atoms with Gasteiger partial charge in [-0.15, -0.1) is 0 Å². The highest BCUT2D eigenvalue weighted by Crippen LogP contribution is 2.34. The minimum atomic E-state index is -0.757. The number of carbonyl (C=O) groups excluding carboxylic acids is 1. The Kier molecular flexibility index (Phi) is 3.80. The molecule has 5 nitrogen and oxygen atoms in total. The van der Waals surface area contributed by atoms with Gasteiger partial charge in [0.15, 0.2) is 0 Å². The molecular weight excluding hydrogens is 312 g/mol. The number of primary amides is 1. The minimum Gasteiger partial charge on any atom is -0.481 e. The fourth-order valence-electron chi connectivity index (χ4n) is 2.14. The van der Waals surface area contributed by atoms with E-state index in [0.717, 1.165) is 10.2 Å².